The summed E-state index contributed by atoms with van der Waals surface area (Å²) >= 11 is 6.43. The molecule has 9 nitrogen and oxygen atoms in total. The predicted molar refractivity (Wildman–Crippen MR) is 147 cm³/mol. The smallest absolute Gasteiger partial charge is 0.324 e. The number of halogens is 1. The topological polar surface area (TPSA) is 115 Å². The van der Waals surface area contributed by atoms with Gasteiger partial charge in [0, 0.05) is 23.3 Å². The molecule has 2 aliphatic carbocycles. The number of aromatic nitrogens is 7. The number of nitrogens with one attached hydrogen (secondary N) is 1. The van der Waals surface area contributed by atoms with Crippen molar-refractivity contribution < 1.29 is 4.52 Å². The first-order valence-electron chi connectivity index (χ1n) is 13.5. The second kappa shape index (κ2) is 9.41. The van der Waals surface area contributed by atoms with Gasteiger partial charge in [-0.2, -0.15) is 5.16 Å². The molecule has 0 aliphatic heterocycles. The van der Waals surface area contributed by atoms with Crippen molar-refractivity contribution in [2.24, 2.45) is 11.8 Å². The van der Waals surface area contributed by atoms with Gasteiger partial charge in [-0.3, -0.25) is 4.98 Å². The van der Waals surface area contributed by atoms with E-state index in [1.165, 1.54) is 25.7 Å². The predicted octanol–water partition coefficient (Wildman–Crippen LogP) is 5.79. The fourth-order valence-corrected chi connectivity index (χ4v) is 6.17. The molecule has 198 valence electrons. The lowest BCUT2D eigenvalue weighted by molar-refractivity contribution is 0.264. The van der Waals surface area contributed by atoms with Gasteiger partial charge in [0.1, 0.15) is 17.0 Å². The Balaban J connectivity index is 1.48. The van der Waals surface area contributed by atoms with Crippen molar-refractivity contribution in [3.05, 3.63) is 75.8 Å². The van der Waals surface area contributed by atoms with Crippen LogP contribution in [0.25, 0.3) is 34.1 Å². The zero-order valence-electron chi connectivity index (χ0n) is 21.6. The molecule has 2 aliphatic rings. The van der Waals surface area contributed by atoms with Gasteiger partial charge in [0.2, 0.25) is 11.6 Å². The number of nitrogens with zero attached hydrogens (tertiary/aromatic N) is 6. The Hall–Kier alpha value is -3.85. The molecule has 1 aromatic carbocycles. The van der Waals surface area contributed by atoms with Crippen LogP contribution in [0.15, 0.2) is 58.0 Å². The number of fused-ring (bicyclic) bond motifs is 1. The summed E-state index contributed by atoms with van der Waals surface area (Å²) in [5.74, 6) is 1.94. The average Bonchev–Trinajstić information content (AvgIpc) is 3.51. The molecule has 4 aromatic heterocycles. The highest BCUT2D eigenvalue weighted by Gasteiger charge is 2.51. The largest absolute Gasteiger partial charge is 0.460 e. The molecule has 0 amide bonds. The summed E-state index contributed by atoms with van der Waals surface area (Å²) in [6.45, 7) is 3.18. The molecule has 0 spiro atoms. The van der Waals surface area contributed by atoms with E-state index in [-0.39, 0.29) is 17.1 Å². The third kappa shape index (κ3) is 4.34. The van der Waals surface area contributed by atoms with E-state index in [1.807, 2.05) is 42.6 Å². The van der Waals surface area contributed by atoms with Gasteiger partial charge in [0.25, 0.3) is 0 Å². The third-order valence-corrected chi connectivity index (χ3v) is 8.50. The summed E-state index contributed by atoms with van der Waals surface area (Å²) in [5.41, 5.74) is 3.72. The lowest BCUT2D eigenvalue weighted by Gasteiger charge is -2.28. The summed E-state index contributed by atoms with van der Waals surface area (Å²) in [5, 5.41) is 3.15. The minimum absolute atomic E-state index is 0.161. The van der Waals surface area contributed by atoms with Crippen molar-refractivity contribution in [2.45, 2.75) is 57.4 Å². The van der Waals surface area contributed by atoms with Gasteiger partial charge in [-0.05, 0) is 61.8 Å². The maximum absolute atomic E-state index is 11.7. The highest BCUT2D eigenvalue weighted by molar-refractivity contribution is 6.30. The maximum atomic E-state index is 11.7. The van der Waals surface area contributed by atoms with Crippen LogP contribution in [-0.2, 0) is 12.0 Å². The van der Waals surface area contributed by atoms with Crippen LogP contribution in [0.5, 0.6) is 0 Å². The minimum atomic E-state index is -0.733. The molecule has 0 bridgehead atoms. The van der Waals surface area contributed by atoms with Crippen LogP contribution in [0.1, 0.15) is 57.0 Å². The number of H-pyrrole nitrogens is 1. The molecular formula is C29H28ClN7O2. The van der Waals surface area contributed by atoms with E-state index in [4.69, 9.17) is 36.1 Å². The summed E-state index contributed by atoms with van der Waals surface area (Å²) < 4.78 is 7.18. The third-order valence-electron chi connectivity index (χ3n) is 8.26. The summed E-state index contributed by atoms with van der Waals surface area (Å²) in [6, 6.07) is 13.7. The number of rotatable bonds is 6. The second-order valence-corrected chi connectivity index (χ2v) is 11.4. The van der Waals surface area contributed by atoms with Gasteiger partial charge in [-0.25, -0.2) is 19.7 Å². The van der Waals surface area contributed by atoms with Crippen LogP contribution in [0.2, 0.25) is 5.02 Å². The Kier molecular flexibility index (Phi) is 5.84. The average molecular weight is 542 g/mol. The number of benzene rings is 1. The van der Waals surface area contributed by atoms with Gasteiger partial charge < -0.3 is 9.09 Å². The highest BCUT2D eigenvalue weighted by atomic mass is 35.5. The lowest BCUT2D eigenvalue weighted by atomic mass is 9.83. The van der Waals surface area contributed by atoms with Crippen molar-refractivity contribution >= 4 is 22.8 Å². The molecule has 0 saturated heterocycles. The van der Waals surface area contributed by atoms with Gasteiger partial charge in [0.05, 0.1) is 11.1 Å². The SMILES string of the molecule is CC1CCC(Cn2c(C3(c4ccccn4)CC3)nc3nc(-c4nc(=O)o[nH]4)nc(-c4cccc(Cl)c4)c32)CC1. The van der Waals surface area contributed by atoms with Crippen LogP contribution in [0.3, 0.4) is 0 Å². The van der Waals surface area contributed by atoms with E-state index in [0.717, 1.165) is 47.9 Å². The fraction of sp³-hybridized carbons (Fsp3) is 0.379. The minimum Gasteiger partial charge on any atom is -0.324 e. The molecule has 4 heterocycles. The normalized spacial score (nSPS) is 20.4. The molecular weight excluding hydrogens is 514 g/mol. The van der Waals surface area contributed by atoms with Crippen molar-refractivity contribution in [2.75, 3.05) is 0 Å². The summed E-state index contributed by atoms with van der Waals surface area (Å²) in [4.78, 5) is 35.3. The van der Waals surface area contributed by atoms with Gasteiger partial charge in [-0.15, -0.1) is 4.98 Å². The molecule has 0 atom stereocenters. The second-order valence-electron chi connectivity index (χ2n) is 11.0. The number of hydrogen-bond donors (Lipinski definition) is 1. The van der Waals surface area contributed by atoms with E-state index >= 15 is 0 Å². The molecule has 2 saturated carbocycles. The zero-order valence-corrected chi connectivity index (χ0v) is 22.4. The van der Waals surface area contributed by atoms with E-state index in [2.05, 4.69) is 27.7 Å². The van der Waals surface area contributed by atoms with Crippen LogP contribution < -0.4 is 5.76 Å². The Bertz CT molecular complexity index is 1710. The number of pyridine rings is 1. The molecule has 39 heavy (non-hydrogen) atoms. The quantitative estimate of drug-likeness (QED) is 0.289. The standard InChI is InChI=1S/C29H28ClN7O2/c1-17-8-10-18(11-9-17)16-37-23-22(19-5-4-6-20(30)15-19)32-25(26-35-28(38)39-36-26)33-24(23)34-27(37)29(12-13-29)21-7-2-3-14-31-21/h2-7,14-15,17-18H,8-13,16H2,1H3,(H,35,36,38). The Morgan fingerprint density at radius 1 is 1.05 bits per heavy atom. The van der Waals surface area contributed by atoms with Gasteiger partial charge >= 0.3 is 5.76 Å². The van der Waals surface area contributed by atoms with Crippen molar-refractivity contribution in [3.63, 3.8) is 0 Å². The first-order valence-corrected chi connectivity index (χ1v) is 13.9. The van der Waals surface area contributed by atoms with Crippen molar-refractivity contribution in [1.29, 1.82) is 0 Å². The Labute approximate surface area is 229 Å². The van der Waals surface area contributed by atoms with E-state index in [1.54, 1.807) is 0 Å². The monoisotopic (exact) mass is 541 g/mol. The van der Waals surface area contributed by atoms with Gasteiger partial charge in [0.15, 0.2) is 5.65 Å². The number of aromatic amines is 1. The molecule has 5 aromatic rings. The van der Waals surface area contributed by atoms with Gasteiger partial charge in [-0.1, -0.05) is 49.6 Å². The molecule has 10 heteroatoms. The number of hydrogen-bond acceptors (Lipinski definition) is 7. The van der Waals surface area contributed by atoms with Crippen molar-refractivity contribution in [1.82, 2.24) is 34.6 Å². The summed E-state index contributed by atoms with van der Waals surface area (Å²) in [6.07, 6.45) is 8.63. The van der Waals surface area contributed by atoms with Crippen LogP contribution >= 0.6 is 11.6 Å². The van der Waals surface area contributed by atoms with E-state index < -0.39 is 5.76 Å². The van der Waals surface area contributed by atoms with Crippen molar-refractivity contribution in [3.8, 4) is 22.9 Å². The molecule has 2 fully saturated rings. The lowest BCUT2D eigenvalue weighted by Crippen LogP contribution is -2.23. The van der Waals surface area contributed by atoms with Crippen LogP contribution in [-0.4, -0.2) is 34.6 Å². The molecule has 0 radical (unpaired) electrons. The zero-order chi connectivity index (χ0) is 26.6. The first-order chi connectivity index (χ1) is 19.0. The van der Waals surface area contributed by atoms with E-state index in [0.29, 0.717) is 22.3 Å². The van der Waals surface area contributed by atoms with E-state index in [9.17, 15) is 4.79 Å². The summed E-state index contributed by atoms with van der Waals surface area (Å²) in [7, 11) is 0. The molecule has 7 rings (SSSR count). The molecule has 0 unspecified atom stereocenters. The molecule has 1 N–H and O–H groups in total. The Morgan fingerprint density at radius 3 is 2.59 bits per heavy atom. The van der Waals surface area contributed by atoms with Crippen LogP contribution in [0, 0.1) is 11.8 Å². The maximum Gasteiger partial charge on any atom is 0.460 e. The first kappa shape index (κ1) is 24.2. The van der Waals surface area contributed by atoms with Crippen LogP contribution in [0.4, 0.5) is 0 Å². The Morgan fingerprint density at radius 2 is 1.90 bits per heavy atom. The number of imidazole rings is 1. The highest BCUT2D eigenvalue weighted by Crippen LogP contribution is 2.53. The fourth-order valence-electron chi connectivity index (χ4n) is 5.98.